The summed E-state index contributed by atoms with van der Waals surface area (Å²) in [6.07, 6.45) is 5.04. The second kappa shape index (κ2) is 6.70. The zero-order chi connectivity index (χ0) is 18.1. The SMILES string of the molecule is Cn1nccc1C=CC(=O)N1C[C@@H](O)[C@@]2(C[C@@H](c3ccccc3)CO2)C1. The molecule has 2 saturated heterocycles. The van der Waals surface area contributed by atoms with E-state index < -0.39 is 11.7 Å². The van der Waals surface area contributed by atoms with Gasteiger partial charge in [0.15, 0.2) is 0 Å². The number of nitrogens with zero attached hydrogens (tertiary/aromatic N) is 3. The summed E-state index contributed by atoms with van der Waals surface area (Å²) < 4.78 is 7.75. The molecule has 4 rings (SSSR count). The molecule has 3 heterocycles. The van der Waals surface area contributed by atoms with Gasteiger partial charge < -0.3 is 14.7 Å². The summed E-state index contributed by atoms with van der Waals surface area (Å²) >= 11 is 0. The zero-order valence-electron chi connectivity index (χ0n) is 14.8. The van der Waals surface area contributed by atoms with Gasteiger partial charge in [-0.2, -0.15) is 5.10 Å². The Labute approximate surface area is 152 Å². The molecule has 1 amide bonds. The van der Waals surface area contributed by atoms with Gasteiger partial charge in [0.2, 0.25) is 5.91 Å². The molecule has 0 bridgehead atoms. The van der Waals surface area contributed by atoms with E-state index >= 15 is 0 Å². The summed E-state index contributed by atoms with van der Waals surface area (Å²) in [7, 11) is 1.83. The first-order valence-electron chi connectivity index (χ1n) is 8.89. The van der Waals surface area contributed by atoms with Crippen LogP contribution < -0.4 is 0 Å². The average Bonchev–Trinajstić information content (AvgIpc) is 3.35. The third-order valence-corrected chi connectivity index (χ3v) is 5.46. The monoisotopic (exact) mass is 353 g/mol. The normalized spacial score (nSPS) is 28.5. The number of amides is 1. The van der Waals surface area contributed by atoms with Crippen LogP contribution in [0.15, 0.2) is 48.7 Å². The van der Waals surface area contributed by atoms with Gasteiger partial charge in [0.1, 0.15) is 11.7 Å². The van der Waals surface area contributed by atoms with Gasteiger partial charge in [-0.15, -0.1) is 0 Å². The predicted molar refractivity (Wildman–Crippen MR) is 97.3 cm³/mol. The third kappa shape index (κ3) is 3.06. The van der Waals surface area contributed by atoms with Crippen LogP contribution in [-0.4, -0.2) is 57.1 Å². The van der Waals surface area contributed by atoms with Crippen molar-refractivity contribution in [1.29, 1.82) is 0 Å². The van der Waals surface area contributed by atoms with Gasteiger partial charge in [0.25, 0.3) is 0 Å². The minimum absolute atomic E-state index is 0.117. The highest BCUT2D eigenvalue weighted by atomic mass is 16.5. The molecule has 2 aliphatic heterocycles. The van der Waals surface area contributed by atoms with E-state index in [4.69, 9.17) is 4.74 Å². The van der Waals surface area contributed by atoms with Crippen molar-refractivity contribution in [2.45, 2.75) is 24.0 Å². The first-order chi connectivity index (χ1) is 12.6. The van der Waals surface area contributed by atoms with E-state index in [9.17, 15) is 9.90 Å². The fraction of sp³-hybridized carbons (Fsp3) is 0.400. The Morgan fingerprint density at radius 2 is 2.15 bits per heavy atom. The van der Waals surface area contributed by atoms with Gasteiger partial charge in [-0.05, 0) is 24.1 Å². The zero-order valence-corrected chi connectivity index (χ0v) is 14.8. The average molecular weight is 353 g/mol. The minimum Gasteiger partial charge on any atom is -0.388 e. The Bertz CT molecular complexity index is 817. The van der Waals surface area contributed by atoms with Crippen molar-refractivity contribution in [2.24, 2.45) is 7.05 Å². The lowest BCUT2D eigenvalue weighted by Crippen LogP contribution is -2.41. The number of carbonyl (C=O) groups excluding carboxylic acids is 1. The first kappa shape index (κ1) is 17.0. The smallest absolute Gasteiger partial charge is 0.246 e. The van der Waals surface area contributed by atoms with Crippen molar-refractivity contribution in [3.05, 3.63) is 59.9 Å². The van der Waals surface area contributed by atoms with Crippen molar-refractivity contribution in [3.8, 4) is 0 Å². The van der Waals surface area contributed by atoms with Gasteiger partial charge >= 0.3 is 0 Å². The van der Waals surface area contributed by atoms with E-state index in [0.29, 0.717) is 19.7 Å². The molecule has 2 aliphatic rings. The lowest BCUT2D eigenvalue weighted by atomic mass is 9.87. The number of aromatic nitrogens is 2. The molecule has 3 atom stereocenters. The van der Waals surface area contributed by atoms with E-state index in [0.717, 1.165) is 12.1 Å². The lowest BCUT2D eigenvalue weighted by Gasteiger charge is -2.25. The summed E-state index contributed by atoms with van der Waals surface area (Å²) in [4.78, 5) is 14.2. The number of benzene rings is 1. The largest absolute Gasteiger partial charge is 0.388 e. The van der Waals surface area contributed by atoms with Gasteiger partial charge in [0.05, 0.1) is 18.8 Å². The van der Waals surface area contributed by atoms with Crippen molar-refractivity contribution in [2.75, 3.05) is 19.7 Å². The van der Waals surface area contributed by atoms with E-state index in [1.165, 1.54) is 11.6 Å². The van der Waals surface area contributed by atoms with E-state index in [2.05, 4.69) is 17.2 Å². The maximum Gasteiger partial charge on any atom is 0.246 e. The van der Waals surface area contributed by atoms with Crippen LogP contribution in [0.1, 0.15) is 23.6 Å². The molecule has 0 radical (unpaired) electrons. The maximum absolute atomic E-state index is 12.5. The predicted octanol–water partition coefficient (Wildman–Crippen LogP) is 1.58. The van der Waals surface area contributed by atoms with E-state index in [1.807, 2.05) is 31.3 Å². The van der Waals surface area contributed by atoms with Crippen LogP contribution in [0.5, 0.6) is 0 Å². The summed E-state index contributed by atoms with van der Waals surface area (Å²) in [5.74, 6) is 0.139. The fourth-order valence-electron chi connectivity index (χ4n) is 3.93. The summed E-state index contributed by atoms with van der Waals surface area (Å²) in [6.45, 7) is 1.30. The molecule has 6 nitrogen and oxygen atoms in total. The number of likely N-dealkylation sites (tertiary alicyclic amines) is 1. The Morgan fingerprint density at radius 1 is 1.35 bits per heavy atom. The number of β-amino-alcohol motifs (C(OH)–C–C–N with tert-alkyl or cyclic N) is 1. The highest BCUT2D eigenvalue weighted by Gasteiger charge is 2.52. The molecular formula is C20H23N3O3. The number of hydrogen-bond donors (Lipinski definition) is 1. The van der Waals surface area contributed by atoms with E-state index in [1.54, 1.807) is 21.9 Å². The third-order valence-electron chi connectivity index (χ3n) is 5.46. The molecule has 1 aromatic carbocycles. The molecule has 2 fully saturated rings. The molecule has 0 saturated carbocycles. The number of aryl methyl sites for hydroxylation is 1. The Balaban J connectivity index is 1.44. The molecule has 1 aromatic heterocycles. The first-order valence-corrected chi connectivity index (χ1v) is 8.89. The van der Waals surface area contributed by atoms with E-state index in [-0.39, 0.29) is 11.8 Å². The van der Waals surface area contributed by atoms with Crippen molar-refractivity contribution < 1.29 is 14.6 Å². The molecular weight excluding hydrogens is 330 g/mol. The summed E-state index contributed by atoms with van der Waals surface area (Å²) in [5, 5.41) is 14.7. The van der Waals surface area contributed by atoms with Gasteiger partial charge in [-0.3, -0.25) is 9.48 Å². The van der Waals surface area contributed by atoms with Crippen molar-refractivity contribution in [3.63, 3.8) is 0 Å². The van der Waals surface area contributed by atoms with Crippen LogP contribution in [0.4, 0.5) is 0 Å². The molecule has 26 heavy (non-hydrogen) atoms. The van der Waals surface area contributed by atoms with Crippen molar-refractivity contribution >= 4 is 12.0 Å². The number of aliphatic hydroxyl groups excluding tert-OH is 1. The molecule has 1 N–H and O–H groups in total. The van der Waals surface area contributed by atoms with Crippen LogP contribution in [0.25, 0.3) is 6.08 Å². The maximum atomic E-state index is 12.5. The standard InChI is InChI=1S/C20H23N3O3/c1-22-17(9-10-21-22)7-8-19(25)23-12-18(24)20(14-23)11-16(13-26-20)15-5-3-2-4-6-15/h2-10,16,18,24H,11-14H2,1H3/t16-,18-,20-/m1/s1. The summed E-state index contributed by atoms with van der Waals surface area (Å²) in [6, 6.07) is 12.1. The highest BCUT2D eigenvalue weighted by Crippen LogP contribution is 2.42. The quantitative estimate of drug-likeness (QED) is 0.851. The second-order valence-corrected chi connectivity index (χ2v) is 7.14. The van der Waals surface area contributed by atoms with Crippen LogP contribution >= 0.6 is 0 Å². The Kier molecular flexibility index (Phi) is 4.38. The number of ether oxygens (including phenoxy) is 1. The number of hydrogen-bond acceptors (Lipinski definition) is 4. The molecule has 0 unspecified atom stereocenters. The fourth-order valence-corrected chi connectivity index (χ4v) is 3.93. The van der Waals surface area contributed by atoms with Crippen LogP contribution in [0, 0.1) is 0 Å². The second-order valence-electron chi connectivity index (χ2n) is 7.14. The number of rotatable bonds is 3. The van der Waals surface area contributed by atoms with Crippen LogP contribution in [0.2, 0.25) is 0 Å². The minimum atomic E-state index is -0.662. The lowest BCUT2D eigenvalue weighted by molar-refractivity contribution is -0.126. The number of carbonyl (C=O) groups is 1. The molecule has 1 spiro atoms. The van der Waals surface area contributed by atoms with Gasteiger partial charge in [0, 0.05) is 31.8 Å². The molecule has 0 aliphatic carbocycles. The molecule has 6 heteroatoms. The Morgan fingerprint density at radius 3 is 2.88 bits per heavy atom. The Hall–Kier alpha value is -2.44. The topological polar surface area (TPSA) is 67.6 Å². The number of aliphatic hydroxyl groups is 1. The highest BCUT2D eigenvalue weighted by molar-refractivity contribution is 5.91. The van der Waals surface area contributed by atoms with Crippen LogP contribution in [0.3, 0.4) is 0 Å². The molecule has 136 valence electrons. The molecule has 2 aromatic rings. The van der Waals surface area contributed by atoms with Gasteiger partial charge in [-0.1, -0.05) is 30.3 Å². The van der Waals surface area contributed by atoms with Crippen molar-refractivity contribution in [1.82, 2.24) is 14.7 Å². The summed E-state index contributed by atoms with van der Waals surface area (Å²) in [5.41, 5.74) is 1.42. The van der Waals surface area contributed by atoms with Gasteiger partial charge in [-0.25, -0.2) is 0 Å². The van der Waals surface area contributed by atoms with Crippen LogP contribution in [-0.2, 0) is 16.6 Å².